The molecule has 2 aromatic rings. The molecule has 82 valence electrons. The van der Waals surface area contributed by atoms with Crippen molar-refractivity contribution in [3.8, 4) is 5.69 Å². The first kappa shape index (κ1) is 10.4. The molecule has 0 bridgehead atoms. The summed E-state index contributed by atoms with van der Waals surface area (Å²) in [5, 5.41) is 8.79. The van der Waals surface area contributed by atoms with Crippen molar-refractivity contribution in [2.45, 2.75) is 13.8 Å². The van der Waals surface area contributed by atoms with E-state index in [1.54, 1.807) is 4.57 Å². The van der Waals surface area contributed by atoms with Crippen LogP contribution >= 0.6 is 0 Å². The summed E-state index contributed by atoms with van der Waals surface area (Å²) in [6.45, 7) is 4.03. The predicted molar refractivity (Wildman–Crippen MR) is 60.0 cm³/mol. The Kier molecular flexibility index (Phi) is 2.48. The second-order valence-corrected chi connectivity index (χ2v) is 3.69. The van der Waals surface area contributed by atoms with E-state index < -0.39 is 5.97 Å². The van der Waals surface area contributed by atoms with Crippen LogP contribution in [0.4, 0.5) is 0 Å². The fourth-order valence-electron chi connectivity index (χ4n) is 1.58. The van der Waals surface area contributed by atoms with Crippen LogP contribution in [0.3, 0.4) is 0 Å². The highest BCUT2D eigenvalue weighted by atomic mass is 16.4. The minimum absolute atomic E-state index is 0.0564. The van der Waals surface area contributed by atoms with Gasteiger partial charge in [-0.25, -0.2) is 9.78 Å². The Bertz CT molecular complexity index is 544. The molecular formula is C12H12N2O2. The number of aromatic carboxylic acids is 1. The maximum absolute atomic E-state index is 10.7. The lowest BCUT2D eigenvalue weighted by Crippen LogP contribution is -1.97. The van der Waals surface area contributed by atoms with E-state index in [0.29, 0.717) is 0 Å². The first-order valence-corrected chi connectivity index (χ1v) is 4.93. The molecule has 0 atom stereocenters. The summed E-state index contributed by atoms with van der Waals surface area (Å²) in [5.74, 6) is -1.01. The SMILES string of the molecule is Cc1cccc(-n2cnc(C(=O)O)c2)c1C. The van der Waals surface area contributed by atoms with Crippen molar-refractivity contribution >= 4 is 5.97 Å². The van der Waals surface area contributed by atoms with Gasteiger partial charge in [-0.15, -0.1) is 0 Å². The van der Waals surface area contributed by atoms with Gasteiger partial charge in [0.1, 0.15) is 6.33 Å². The number of carboxylic acid groups (broad SMARTS) is 1. The average molecular weight is 216 g/mol. The van der Waals surface area contributed by atoms with Crippen LogP contribution in [-0.2, 0) is 0 Å². The van der Waals surface area contributed by atoms with E-state index in [-0.39, 0.29) is 5.69 Å². The predicted octanol–water partition coefficient (Wildman–Crippen LogP) is 2.19. The third-order valence-electron chi connectivity index (χ3n) is 2.66. The number of aryl methyl sites for hydroxylation is 1. The highest BCUT2D eigenvalue weighted by molar-refractivity contribution is 5.85. The molecule has 1 aromatic heterocycles. The van der Waals surface area contributed by atoms with Crippen LogP contribution in [0.1, 0.15) is 21.6 Å². The molecule has 0 radical (unpaired) electrons. The van der Waals surface area contributed by atoms with Crippen LogP contribution in [0.25, 0.3) is 5.69 Å². The summed E-state index contributed by atoms with van der Waals surface area (Å²) in [6.07, 6.45) is 3.04. The quantitative estimate of drug-likeness (QED) is 0.837. The number of hydrogen-bond donors (Lipinski definition) is 1. The standard InChI is InChI=1S/C12H12N2O2/c1-8-4-3-5-11(9(8)2)14-6-10(12(15)16)13-7-14/h3-7H,1-2H3,(H,15,16). The Balaban J connectivity index is 2.50. The molecule has 16 heavy (non-hydrogen) atoms. The van der Waals surface area contributed by atoms with E-state index in [2.05, 4.69) is 4.98 Å². The number of imidazole rings is 1. The van der Waals surface area contributed by atoms with Gasteiger partial charge in [0.15, 0.2) is 5.69 Å². The Hall–Kier alpha value is -2.10. The van der Waals surface area contributed by atoms with Gasteiger partial charge in [-0.05, 0) is 31.0 Å². The summed E-state index contributed by atoms with van der Waals surface area (Å²) in [6, 6.07) is 5.90. The fourth-order valence-corrected chi connectivity index (χ4v) is 1.58. The highest BCUT2D eigenvalue weighted by Crippen LogP contribution is 2.17. The Labute approximate surface area is 93.2 Å². The van der Waals surface area contributed by atoms with Gasteiger partial charge in [0, 0.05) is 11.9 Å². The smallest absolute Gasteiger partial charge is 0.356 e. The molecule has 0 amide bonds. The number of rotatable bonds is 2. The Morgan fingerprint density at radius 3 is 2.75 bits per heavy atom. The molecule has 0 aliphatic heterocycles. The molecule has 4 nitrogen and oxygen atoms in total. The first-order valence-electron chi connectivity index (χ1n) is 4.93. The average Bonchev–Trinajstić information content (AvgIpc) is 2.71. The third kappa shape index (κ3) is 1.69. The van der Waals surface area contributed by atoms with Crippen molar-refractivity contribution in [3.05, 3.63) is 47.5 Å². The van der Waals surface area contributed by atoms with E-state index in [0.717, 1.165) is 11.3 Å². The number of aromatic nitrogens is 2. The van der Waals surface area contributed by atoms with Gasteiger partial charge in [0.25, 0.3) is 0 Å². The topological polar surface area (TPSA) is 55.1 Å². The van der Waals surface area contributed by atoms with Crippen molar-refractivity contribution in [1.82, 2.24) is 9.55 Å². The fraction of sp³-hybridized carbons (Fsp3) is 0.167. The lowest BCUT2D eigenvalue weighted by molar-refractivity contribution is 0.0691. The molecule has 0 saturated carbocycles. The molecule has 0 aliphatic rings. The van der Waals surface area contributed by atoms with Crippen LogP contribution in [0.2, 0.25) is 0 Å². The molecule has 0 aliphatic carbocycles. The lowest BCUT2D eigenvalue weighted by Gasteiger charge is -2.08. The number of benzene rings is 1. The largest absolute Gasteiger partial charge is 0.476 e. The molecule has 1 heterocycles. The number of carbonyl (C=O) groups is 1. The van der Waals surface area contributed by atoms with Crippen LogP contribution in [0, 0.1) is 13.8 Å². The van der Waals surface area contributed by atoms with Gasteiger partial charge >= 0.3 is 5.97 Å². The maximum atomic E-state index is 10.7. The molecule has 2 rings (SSSR count). The molecule has 0 spiro atoms. The zero-order valence-electron chi connectivity index (χ0n) is 9.14. The molecular weight excluding hydrogens is 204 g/mol. The van der Waals surface area contributed by atoms with Crippen molar-refractivity contribution in [2.24, 2.45) is 0 Å². The molecule has 4 heteroatoms. The van der Waals surface area contributed by atoms with E-state index in [4.69, 9.17) is 5.11 Å². The van der Waals surface area contributed by atoms with Gasteiger partial charge in [0.05, 0.1) is 0 Å². The zero-order valence-corrected chi connectivity index (χ0v) is 9.14. The second-order valence-electron chi connectivity index (χ2n) is 3.69. The molecule has 0 fully saturated rings. The maximum Gasteiger partial charge on any atom is 0.356 e. The van der Waals surface area contributed by atoms with E-state index in [1.807, 2.05) is 32.0 Å². The normalized spacial score (nSPS) is 10.4. The Morgan fingerprint density at radius 2 is 2.12 bits per heavy atom. The molecule has 0 saturated heterocycles. The minimum Gasteiger partial charge on any atom is -0.476 e. The zero-order chi connectivity index (χ0) is 11.7. The first-order chi connectivity index (χ1) is 7.59. The number of nitrogens with zero attached hydrogens (tertiary/aromatic N) is 2. The van der Waals surface area contributed by atoms with Gasteiger partial charge in [-0.3, -0.25) is 0 Å². The van der Waals surface area contributed by atoms with Crippen LogP contribution in [-0.4, -0.2) is 20.6 Å². The van der Waals surface area contributed by atoms with E-state index in [9.17, 15) is 4.79 Å². The van der Waals surface area contributed by atoms with Crippen LogP contribution in [0.5, 0.6) is 0 Å². The van der Waals surface area contributed by atoms with Gasteiger partial charge < -0.3 is 9.67 Å². The number of carboxylic acids is 1. The summed E-state index contributed by atoms with van der Waals surface area (Å²) in [5.41, 5.74) is 3.31. The number of hydrogen-bond acceptors (Lipinski definition) is 2. The highest BCUT2D eigenvalue weighted by Gasteiger charge is 2.09. The molecule has 1 N–H and O–H groups in total. The third-order valence-corrected chi connectivity index (χ3v) is 2.66. The lowest BCUT2D eigenvalue weighted by atomic mass is 10.1. The van der Waals surface area contributed by atoms with Gasteiger partial charge in [-0.2, -0.15) is 0 Å². The minimum atomic E-state index is -1.01. The summed E-state index contributed by atoms with van der Waals surface area (Å²) in [4.78, 5) is 14.5. The Morgan fingerprint density at radius 1 is 1.38 bits per heavy atom. The van der Waals surface area contributed by atoms with Crippen molar-refractivity contribution < 1.29 is 9.90 Å². The van der Waals surface area contributed by atoms with Crippen molar-refractivity contribution in [1.29, 1.82) is 0 Å². The van der Waals surface area contributed by atoms with Crippen molar-refractivity contribution in [3.63, 3.8) is 0 Å². The molecule has 0 unspecified atom stereocenters. The van der Waals surface area contributed by atoms with Gasteiger partial charge in [-0.1, -0.05) is 12.1 Å². The van der Waals surface area contributed by atoms with E-state index in [1.165, 1.54) is 18.1 Å². The second kappa shape index (κ2) is 3.81. The molecule has 1 aromatic carbocycles. The monoisotopic (exact) mass is 216 g/mol. The van der Waals surface area contributed by atoms with Crippen molar-refractivity contribution in [2.75, 3.05) is 0 Å². The summed E-state index contributed by atoms with van der Waals surface area (Å²) >= 11 is 0. The summed E-state index contributed by atoms with van der Waals surface area (Å²) in [7, 11) is 0. The van der Waals surface area contributed by atoms with Crippen LogP contribution in [0.15, 0.2) is 30.7 Å². The summed E-state index contributed by atoms with van der Waals surface area (Å²) < 4.78 is 1.73. The van der Waals surface area contributed by atoms with Gasteiger partial charge in [0.2, 0.25) is 0 Å². The van der Waals surface area contributed by atoms with Crippen LogP contribution < -0.4 is 0 Å². The van der Waals surface area contributed by atoms with E-state index >= 15 is 0 Å².